The Hall–Kier alpha value is -1.06. The molecule has 1 saturated carbocycles. The molecule has 0 spiro atoms. The van der Waals surface area contributed by atoms with Gasteiger partial charge in [0.1, 0.15) is 0 Å². The van der Waals surface area contributed by atoms with E-state index in [9.17, 15) is 5.11 Å². The Morgan fingerprint density at radius 1 is 1.29 bits per heavy atom. The highest BCUT2D eigenvalue weighted by Crippen LogP contribution is 2.22. The van der Waals surface area contributed by atoms with Gasteiger partial charge in [-0.05, 0) is 43.4 Å². The maximum absolute atomic E-state index is 9.46. The summed E-state index contributed by atoms with van der Waals surface area (Å²) >= 11 is 0. The maximum atomic E-state index is 9.46. The van der Waals surface area contributed by atoms with Crippen molar-refractivity contribution in [3.05, 3.63) is 29.8 Å². The van der Waals surface area contributed by atoms with Crippen LogP contribution in [0.1, 0.15) is 31.2 Å². The Labute approximate surface area is 103 Å². The van der Waals surface area contributed by atoms with E-state index < -0.39 is 0 Å². The van der Waals surface area contributed by atoms with E-state index in [1.54, 1.807) is 7.11 Å². The molecule has 94 valence electrons. The first kappa shape index (κ1) is 12.4. The van der Waals surface area contributed by atoms with Crippen LogP contribution in [0.3, 0.4) is 0 Å². The van der Waals surface area contributed by atoms with E-state index in [0.717, 1.165) is 31.4 Å². The Morgan fingerprint density at radius 2 is 2.06 bits per heavy atom. The van der Waals surface area contributed by atoms with Crippen molar-refractivity contribution in [2.75, 3.05) is 12.4 Å². The fourth-order valence-corrected chi connectivity index (χ4v) is 2.37. The largest absolute Gasteiger partial charge is 0.393 e. The number of nitrogens with one attached hydrogen (secondary N) is 1. The molecule has 1 fully saturated rings. The number of aliphatic hydroxyl groups is 1. The second kappa shape index (κ2) is 6.03. The SMILES string of the molecule is COCc1cccc(NC2CCC(O)CC2)c1. The van der Waals surface area contributed by atoms with Gasteiger partial charge in [0.15, 0.2) is 0 Å². The molecule has 0 bridgehead atoms. The normalized spacial score (nSPS) is 24.6. The molecule has 2 N–H and O–H groups in total. The molecule has 0 aliphatic heterocycles. The lowest BCUT2D eigenvalue weighted by molar-refractivity contribution is 0.126. The monoisotopic (exact) mass is 235 g/mol. The van der Waals surface area contributed by atoms with Crippen molar-refractivity contribution in [1.29, 1.82) is 0 Å². The Bertz CT molecular complexity index is 346. The van der Waals surface area contributed by atoms with Crippen LogP contribution in [0.15, 0.2) is 24.3 Å². The number of anilines is 1. The number of methoxy groups -OCH3 is 1. The van der Waals surface area contributed by atoms with Crippen molar-refractivity contribution in [3.8, 4) is 0 Å². The number of ether oxygens (including phenoxy) is 1. The molecule has 0 saturated heterocycles. The van der Waals surface area contributed by atoms with Crippen molar-refractivity contribution in [2.24, 2.45) is 0 Å². The number of hydrogen-bond acceptors (Lipinski definition) is 3. The zero-order valence-electron chi connectivity index (χ0n) is 10.4. The van der Waals surface area contributed by atoms with Crippen LogP contribution in [0.25, 0.3) is 0 Å². The lowest BCUT2D eigenvalue weighted by Gasteiger charge is -2.27. The standard InChI is InChI=1S/C14H21NO2/c1-17-10-11-3-2-4-13(9-11)15-12-5-7-14(16)8-6-12/h2-4,9,12,14-16H,5-8,10H2,1H3. The Morgan fingerprint density at radius 3 is 2.76 bits per heavy atom. The minimum Gasteiger partial charge on any atom is -0.393 e. The third-order valence-electron chi connectivity index (χ3n) is 3.31. The molecule has 17 heavy (non-hydrogen) atoms. The van der Waals surface area contributed by atoms with Crippen LogP contribution < -0.4 is 5.32 Å². The quantitative estimate of drug-likeness (QED) is 0.842. The number of benzene rings is 1. The average Bonchev–Trinajstić information content (AvgIpc) is 2.33. The van der Waals surface area contributed by atoms with Crippen molar-refractivity contribution in [2.45, 2.75) is 44.4 Å². The molecule has 3 nitrogen and oxygen atoms in total. The summed E-state index contributed by atoms with van der Waals surface area (Å²) in [7, 11) is 1.71. The van der Waals surface area contributed by atoms with Gasteiger partial charge in [-0.25, -0.2) is 0 Å². The van der Waals surface area contributed by atoms with Gasteiger partial charge in [-0.1, -0.05) is 12.1 Å². The zero-order chi connectivity index (χ0) is 12.1. The fraction of sp³-hybridized carbons (Fsp3) is 0.571. The summed E-state index contributed by atoms with van der Waals surface area (Å²) in [5.74, 6) is 0. The topological polar surface area (TPSA) is 41.5 Å². The van der Waals surface area contributed by atoms with Crippen LogP contribution in [0.2, 0.25) is 0 Å². The molecule has 1 aliphatic carbocycles. The molecule has 2 rings (SSSR count). The average molecular weight is 235 g/mol. The molecule has 3 heteroatoms. The van der Waals surface area contributed by atoms with E-state index >= 15 is 0 Å². The molecular formula is C14H21NO2. The van der Waals surface area contributed by atoms with Gasteiger partial charge in [0.05, 0.1) is 12.7 Å². The van der Waals surface area contributed by atoms with Crippen molar-refractivity contribution in [3.63, 3.8) is 0 Å². The predicted octanol–water partition coefficient (Wildman–Crippen LogP) is 2.55. The van der Waals surface area contributed by atoms with Gasteiger partial charge in [0, 0.05) is 18.8 Å². The van der Waals surface area contributed by atoms with Crippen molar-refractivity contribution >= 4 is 5.69 Å². The third-order valence-corrected chi connectivity index (χ3v) is 3.31. The minimum atomic E-state index is -0.0899. The summed E-state index contributed by atoms with van der Waals surface area (Å²) in [6, 6.07) is 8.84. The van der Waals surface area contributed by atoms with Gasteiger partial charge in [-0.15, -0.1) is 0 Å². The van der Waals surface area contributed by atoms with E-state index in [2.05, 4.69) is 23.5 Å². The van der Waals surface area contributed by atoms with Crippen LogP contribution in [-0.2, 0) is 11.3 Å². The molecule has 0 amide bonds. The predicted molar refractivity (Wildman–Crippen MR) is 69.0 cm³/mol. The lowest BCUT2D eigenvalue weighted by Crippen LogP contribution is -2.28. The minimum absolute atomic E-state index is 0.0899. The van der Waals surface area contributed by atoms with Gasteiger partial charge in [0.2, 0.25) is 0 Å². The van der Waals surface area contributed by atoms with Crippen LogP contribution in [0, 0.1) is 0 Å². The van der Waals surface area contributed by atoms with Gasteiger partial charge in [0.25, 0.3) is 0 Å². The molecule has 1 aliphatic rings. The van der Waals surface area contributed by atoms with Crippen LogP contribution in [-0.4, -0.2) is 24.4 Å². The Balaban J connectivity index is 1.91. The molecule has 0 unspecified atom stereocenters. The Kier molecular flexibility index (Phi) is 4.40. The summed E-state index contributed by atoms with van der Waals surface area (Å²) < 4.78 is 5.13. The van der Waals surface area contributed by atoms with Crippen LogP contribution >= 0.6 is 0 Å². The fourth-order valence-electron chi connectivity index (χ4n) is 2.37. The van der Waals surface area contributed by atoms with Gasteiger partial charge >= 0.3 is 0 Å². The van der Waals surface area contributed by atoms with E-state index in [1.807, 2.05) is 6.07 Å². The maximum Gasteiger partial charge on any atom is 0.0713 e. The second-order valence-electron chi connectivity index (χ2n) is 4.78. The van der Waals surface area contributed by atoms with E-state index in [1.165, 1.54) is 5.56 Å². The van der Waals surface area contributed by atoms with Crippen LogP contribution in [0.4, 0.5) is 5.69 Å². The molecule has 0 atom stereocenters. The first-order chi connectivity index (χ1) is 8.28. The summed E-state index contributed by atoms with van der Waals surface area (Å²) in [5, 5.41) is 13.0. The molecule has 0 heterocycles. The van der Waals surface area contributed by atoms with Gasteiger partial charge < -0.3 is 15.2 Å². The molecule has 0 radical (unpaired) electrons. The zero-order valence-corrected chi connectivity index (χ0v) is 10.4. The number of rotatable bonds is 4. The number of aliphatic hydroxyl groups excluding tert-OH is 1. The molecule has 1 aromatic carbocycles. The van der Waals surface area contributed by atoms with Gasteiger partial charge in [-0.2, -0.15) is 0 Å². The van der Waals surface area contributed by atoms with Crippen molar-refractivity contribution in [1.82, 2.24) is 0 Å². The van der Waals surface area contributed by atoms with Crippen molar-refractivity contribution < 1.29 is 9.84 Å². The van der Waals surface area contributed by atoms with E-state index in [0.29, 0.717) is 12.6 Å². The molecular weight excluding hydrogens is 214 g/mol. The smallest absolute Gasteiger partial charge is 0.0713 e. The molecule has 1 aromatic rings. The summed E-state index contributed by atoms with van der Waals surface area (Å²) in [4.78, 5) is 0. The highest BCUT2D eigenvalue weighted by Gasteiger charge is 2.18. The third kappa shape index (κ3) is 3.72. The van der Waals surface area contributed by atoms with Gasteiger partial charge in [-0.3, -0.25) is 0 Å². The van der Waals surface area contributed by atoms with Crippen LogP contribution in [0.5, 0.6) is 0 Å². The number of hydrogen-bond donors (Lipinski definition) is 2. The lowest BCUT2D eigenvalue weighted by atomic mass is 9.93. The highest BCUT2D eigenvalue weighted by molar-refractivity contribution is 5.46. The first-order valence-corrected chi connectivity index (χ1v) is 6.30. The highest BCUT2D eigenvalue weighted by atomic mass is 16.5. The summed E-state index contributed by atoms with van der Waals surface area (Å²) in [6.45, 7) is 0.652. The first-order valence-electron chi connectivity index (χ1n) is 6.30. The van der Waals surface area contributed by atoms with E-state index in [-0.39, 0.29) is 6.10 Å². The summed E-state index contributed by atoms with van der Waals surface area (Å²) in [6.07, 6.45) is 3.84. The molecule has 0 aromatic heterocycles. The van der Waals surface area contributed by atoms with E-state index in [4.69, 9.17) is 4.74 Å². The second-order valence-corrected chi connectivity index (χ2v) is 4.78. The summed E-state index contributed by atoms with van der Waals surface area (Å²) in [5.41, 5.74) is 2.34.